The van der Waals surface area contributed by atoms with E-state index in [2.05, 4.69) is 15.3 Å². The molecule has 2 aliphatic rings. The van der Waals surface area contributed by atoms with Gasteiger partial charge >= 0.3 is 0 Å². The van der Waals surface area contributed by atoms with Gasteiger partial charge in [0, 0.05) is 25.3 Å². The molecule has 0 radical (unpaired) electrons. The van der Waals surface area contributed by atoms with E-state index in [0.717, 1.165) is 44.1 Å². The summed E-state index contributed by atoms with van der Waals surface area (Å²) in [7, 11) is 0. The maximum Gasteiger partial charge on any atom is 0.274 e. The number of aryl methyl sites for hydroxylation is 1. The highest BCUT2D eigenvalue weighted by Crippen LogP contribution is 2.26. The van der Waals surface area contributed by atoms with Gasteiger partial charge in [-0.1, -0.05) is 0 Å². The van der Waals surface area contributed by atoms with E-state index in [9.17, 15) is 4.79 Å². The van der Waals surface area contributed by atoms with Crippen LogP contribution in [0, 0.1) is 12.8 Å². The molecule has 1 unspecified atom stereocenters. The number of nitrogens with zero attached hydrogens (tertiary/aromatic N) is 3. The summed E-state index contributed by atoms with van der Waals surface area (Å²) in [6, 6.07) is 0.673. The van der Waals surface area contributed by atoms with Crippen LogP contribution in [0.1, 0.15) is 41.9 Å². The van der Waals surface area contributed by atoms with Crippen molar-refractivity contribution >= 4 is 5.91 Å². The highest BCUT2D eigenvalue weighted by molar-refractivity contribution is 5.92. The van der Waals surface area contributed by atoms with E-state index in [1.165, 1.54) is 12.8 Å². The molecule has 0 aromatic carbocycles. The summed E-state index contributed by atoms with van der Waals surface area (Å²) < 4.78 is 0. The van der Waals surface area contributed by atoms with Gasteiger partial charge in [-0.2, -0.15) is 0 Å². The molecule has 1 aromatic rings. The second kappa shape index (κ2) is 5.87. The van der Waals surface area contributed by atoms with E-state index in [1.54, 1.807) is 12.4 Å². The van der Waals surface area contributed by atoms with Gasteiger partial charge in [-0.25, -0.2) is 4.98 Å². The summed E-state index contributed by atoms with van der Waals surface area (Å²) in [5, 5.41) is 3.58. The standard InChI is InChI=1S/C15H22N4O/c1-11-9-18-14(10-17-11)15(20)19-7-4-12(5-8-19)13-3-2-6-16-13/h9-10,12-13,16H,2-8H2,1H3. The summed E-state index contributed by atoms with van der Waals surface area (Å²) in [6.07, 6.45) is 8.03. The van der Waals surface area contributed by atoms with Gasteiger partial charge in [-0.05, 0) is 45.1 Å². The quantitative estimate of drug-likeness (QED) is 0.885. The first kappa shape index (κ1) is 13.5. The van der Waals surface area contributed by atoms with Crippen LogP contribution in [-0.2, 0) is 0 Å². The van der Waals surface area contributed by atoms with E-state index in [4.69, 9.17) is 0 Å². The van der Waals surface area contributed by atoms with E-state index in [1.807, 2.05) is 11.8 Å². The first-order valence-corrected chi connectivity index (χ1v) is 7.55. The molecule has 1 amide bonds. The Hall–Kier alpha value is -1.49. The zero-order valence-corrected chi connectivity index (χ0v) is 12.0. The van der Waals surface area contributed by atoms with Gasteiger partial charge in [0.25, 0.3) is 5.91 Å². The Morgan fingerprint density at radius 1 is 1.25 bits per heavy atom. The van der Waals surface area contributed by atoms with Crippen LogP contribution in [0.3, 0.4) is 0 Å². The molecule has 20 heavy (non-hydrogen) atoms. The van der Waals surface area contributed by atoms with Crippen LogP contribution in [0.5, 0.6) is 0 Å². The molecule has 5 heteroatoms. The number of likely N-dealkylation sites (tertiary alicyclic amines) is 1. The number of amides is 1. The first-order valence-electron chi connectivity index (χ1n) is 7.55. The predicted octanol–water partition coefficient (Wildman–Crippen LogP) is 1.39. The molecular formula is C15H22N4O. The fourth-order valence-electron chi connectivity index (χ4n) is 3.28. The van der Waals surface area contributed by atoms with Gasteiger partial charge in [0.05, 0.1) is 11.9 Å². The van der Waals surface area contributed by atoms with Crippen molar-refractivity contribution in [3.05, 3.63) is 23.8 Å². The minimum atomic E-state index is 0.0235. The van der Waals surface area contributed by atoms with Gasteiger partial charge < -0.3 is 10.2 Å². The van der Waals surface area contributed by atoms with Crippen LogP contribution >= 0.6 is 0 Å². The Bertz CT molecular complexity index is 459. The predicted molar refractivity (Wildman–Crippen MR) is 76.4 cm³/mol. The number of hydrogen-bond donors (Lipinski definition) is 1. The third-order valence-electron chi connectivity index (χ3n) is 4.49. The average Bonchev–Trinajstić information content (AvgIpc) is 3.02. The maximum absolute atomic E-state index is 12.3. The van der Waals surface area contributed by atoms with Crippen LogP contribution in [0.4, 0.5) is 0 Å². The molecule has 0 spiro atoms. The van der Waals surface area contributed by atoms with Gasteiger partial charge in [-0.15, -0.1) is 0 Å². The molecule has 2 saturated heterocycles. The Morgan fingerprint density at radius 3 is 2.65 bits per heavy atom. The molecule has 0 bridgehead atoms. The van der Waals surface area contributed by atoms with Crippen LogP contribution in [0.25, 0.3) is 0 Å². The molecule has 1 N–H and O–H groups in total. The zero-order valence-electron chi connectivity index (χ0n) is 12.0. The van der Waals surface area contributed by atoms with Gasteiger partial charge in [0.1, 0.15) is 5.69 Å². The van der Waals surface area contributed by atoms with E-state index >= 15 is 0 Å². The molecule has 1 atom stereocenters. The summed E-state index contributed by atoms with van der Waals surface area (Å²) in [4.78, 5) is 22.6. The lowest BCUT2D eigenvalue weighted by Gasteiger charge is -2.34. The molecule has 0 aliphatic carbocycles. The Balaban J connectivity index is 1.57. The highest BCUT2D eigenvalue weighted by atomic mass is 16.2. The normalized spacial score (nSPS) is 24.1. The van der Waals surface area contributed by atoms with Crippen LogP contribution in [-0.4, -0.2) is 46.5 Å². The third-order valence-corrected chi connectivity index (χ3v) is 4.49. The number of nitrogens with one attached hydrogen (secondary N) is 1. The molecule has 1 aromatic heterocycles. The van der Waals surface area contributed by atoms with E-state index < -0.39 is 0 Å². The molecule has 3 heterocycles. The number of aromatic nitrogens is 2. The van der Waals surface area contributed by atoms with Crippen LogP contribution in [0.2, 0.25) is 0 Å². The molecule has 5 nitrogen and oxygen atoms in total. The number of rotatable bonds is 2. The monoisotopic (exact) mass is 274 g/mol. The fourth-order valence-corrected chi connectivity index (χ4v) is 3.28. The van der Waals surface area contributed by atoms with Crippen molar-refractivity contribution in [2.24, 2.45) is 5.92 Å². The maximum atomic E-state index is 12.3. The number of piperidine rings is 1. The first-order chi connectivity index (χ1) is 9.74. The molecular weight excluding hydrogens is 252 g/mol. The lowest BCUT2D eigenvalue weighted by Crippen LogP contribution is -2.43. The smallest absolute Gasteiger partial charge is 0.274 e. The van der Waals surface area contributed by atoms with Crippen molar-refractivity contribution in [1.82, 2.24) is 20.2 Å². The van der Waals surface area contributed by atoms with Crippen molar-refractivity contribution in [2.45, 2.75) is 38.6 Å². The Labute approximate surface area is 119 Å². The SMILES string of the molecule is Cc1cnc(C(=O)N2CCC(C3CCCN3)CC2)cn1. The second-order valence-corrected chi connectivity index (χ2v) is 5.88. The van der Waals surface area contributed by atoms with Gasteiger partial charge in [-0.3, -0.25) is 9.78 Å². The molecule has 108 valence electrons. The Morgan fingerprint density at radius 2 is 2.05 bits per heavy atom. The number of hydrogen-bond acceptors (Lipinski definition) is 4. The highest BCUT2D eigenvalue weighted by Gasteiger charge is 2.30. The summed E-state index contributed by atoms with van der Waals surface area (Å²) in [6.45, 7) is 4.72. The average molecular weight is 274 g/mol. The van der Waals surface area contributed by atoms with E-state index in [-0.39, 0.29) is 5.91 Å². The molecule has 2 aliphatic heterocycles. The van der Waals surface area contributed by atoms with Crippen molar-refractivity contribution in [3.8, 4) is 0 Å². The van der Waals surface area contributed by atoms with E-state index in [0.29, 0.717) is 11.7 Å². The summed E-state index contributed by atoms with van der Waals surface area (Å²) in [5.41, 5.74) is 1.31. The molecule has 2 fully saturated rings. The lowest BCUT2D eigenvalue weighted by atomic mass is 9.88. The number of carbonyl (C=O) groups excluding carboxylic acids is 1. The van der Waals surface area contributed by atoms with Crippen LogP contribution < -0.4 is 5.32 Å². The largest absolute Gasteiger partial charge is 0.337 e. The van der Waals surface area contributed by atoms with Gasteiger partial charge in [0.15, 0.2) is 0 Å². The van der Waals surface area contributed by atoms with Gasteiger partial charge in [0.2, 0.25) is 0 Å². The summed E-state index contributed by atoms with van der Waals surface area (Å²) >= 11 is 0. The minimum absolute atomic E-state index is 0.0235. The summed E-state index contributed by atoms with van der Waals surface area (Å²) in [5.74, 6) is 0.751. The molecule has 0 saturated carbocycles. The molecule has 3 rings (SSSR count). The Kier molecular flexibility index (Phi) is 3.96. The topological polar surface area (TPSA) is 58.1 Å². The fraction of sp³-hybridized carbons (Fsp3) is 0.667. The second-order valence-electron chi connectivity index (χ2n) is 5.88. The lowest BCUT2D eigenvalue weighted by molar-refractivity contribution is 0.0668. The third kappa shape index (κ3) is 2.82. The minimum Gasteiger partial charge on any atom is -0.337 e. The van der Waals surface area contributed by atoms with Crippen molar-refractivity contribution < 1.29 is 4.79 Å². The van der Waals surface area contributed by atoms with Crippen molar-refractivity contribution in [1.29, 1.82) is 0 Å². The van der Waals surface area contributed by atoms with Crippen molar-refractivity contribution in [2.75, 3.05) is 19.6 Å². The zero-order chi connectivity index (χ0) is 13.9. The van der Waals surface area contributed by atoms with Crippen molar-refractivity contribution in [3.63, 3.8) is 0 Å². The number of carbonyl (C=O) groups is 1. The van der Waals surface area contributed by atoms with Crippen LogP contribution in [0.15, 0.2) is 12.4 Å².